The number of benzene rings is 2. The molecule has 17 heteroatoms. The lowest BCUT2D eigenvalue weighted by molar-refractivity contribution is -0.136. The van der Waals surface area contributed by atoms with E-state index in [0.29, 0.717) is 36.8 Å². The molecule has 3 atom stereocenters. The molecule has 286 valence electrons. The third-order valence-electron chi connectivity index (χ3n) is 9.90. The van der Waals surface area contributed by atoms with Crippen molar-refractivity contribution in [3.8, 4) is 10.8 Å². The Bertz CT molecular complexity index is 2230. The van der Waals surface area contributed by atoms with Crippen molar-refractivity contribution in [3.05, 3.63) is 91.8 Å². The summed E-state index contributed by atoms with van der Waals surface area (Å²) < 4.78 is 7.69. The summed E-state index contributed by atoms with van der Waals surface area (Å²) in [6.45, 7) is 6.49. The second kappa shape index (κ2) is 15.8. The highest BCUT2D eigenvalue weighted by Crippen LogP contribution is 2.40. The summed E-state index contributed by atoms with van der Waals surface area (Å²) in [4.78, 5) is 70.1. The number of aliphatic hydroxyl groups is 1. The lowest BCUT2D eigenvalue weighted by Gasteiger charge is -2.27. The van der Waals surface area contributed by atoms with Gasteiger partial charge in [-0.25, -0.2) is 0 Å². The van der Waals surface area contributed by atoms with Crippen molar-refractivity contribution in [3.63, 3.8) is 0 Å². The fourth-order valence-corrected chi connectivity index (χ4v) is 8.33. The number of carbonyl (C=O) groups is 5. The maximum atomic E-state index is 13.3. The summed E-state index contributed by atoms with van der Waals surface area (Å²) in [5, 5.41) is 29.7. The van der Waals surface area contributed by atoms with Gasteiger partial charge in [0.1, 0.15) is 34.9 Å². The molecule has 0 aliphatic carbocycles. The minimum absolute atomic E-state index is 0.00703. The van der Waals surface area contributed by atoms with Crippen molar-refractivity contribution in [1.82, 2.24) is 35.6 Å². The normalized spacial score (nSPS) is 18.3. The predicted molar refractivity (Wildman–Crippen MR) is 203 cm³/mol. The van der Waals surface area contributed by atoms with E-state index in [1.165, 1.54) is 23.1 Å². The second-order valence-electron chi connectivity index (χ2n) is 13.6. The van der Waals surface area contributed by atoms with E-state index in [1.54, 1.807) is 11.3 Å². The van der Waals surface area contributed by atoms with Gasteiger partial charge < -0.3 is 15.2 Å². The fraction of sp³-hybridized carbons (Fsp3) is 0.368. The van der Waals surface area contributed by atoms with E-state index in [2.05, 4.69) is 40.0 Å². The molecule has 0 radical (unpaired) electrons. The van der Waals surface area contributed by atoms with E-state index in [0.717, 1.165) is 38.1 Å². The molecule has 0 bridgehead atoms. The first kappa shape index (κ1) is 38.0. The van der Waals surface area contributed by atoms with Crippen LogP contribution in [0.3, 0.4) is 0 Å². The number of rotatable bonds is 13. The van der Waals surface area contributed by atoms with Crippen LogP contribution in [0.15, 0.2) is 47.5 Å². The highest BCUT2D eigenvalue weighted by molar-refractivity contribution is 7.15. The molecule has 2 unspecified atom stereocenters. The zero-order chi connectivity index (χ0) is 39.0. The standard InChI is InChI=1S/C38H39ClN8O7S/c1-19-20(2)55-38-31(19)33(22-9-11-23(39)12-10-22)42-25(34-45-44-21(3)46(34)38)17-29(49)40-15-4-5-16-41-30(50)18-54-27-8-6-7-24-32(27)37(53)47(36(24)52)26-13-14-28(48)43-35(26)51/h6-12,25-26,29,40,49H,4-5,13-18H2,1-3H3,(H,41,50)(H,43,48,51)/t25-,26?,29?/m0/s1. The zero-order valence-corrected chi connectivity index (χ0v) is 31.9. The van der Waals surface area contributed by atoms with Crippen LogP contribution >= 0.6 is 22.9 Å². The zero-order valence-electron chi connectivity index (χ0n) is 30.3. The number of aromatic nitrogens is 3. The Morgan fingerprint density at radius 3 is 2.56 bits per heavy atom. The number of fused-ring (bicyclic) bond motifs is 4. The van der Waals surface area contributed by atoms with Gasteiger partial charge in [-0.2, -0.15) is 0 Å². The minimum atomic E-state index is -1.11. The summed E-state index contributed by atoms with van der Waals surface area (Å²) in [7, 11) is 0. The second-order valence-corrected chi connectivity index (χ2v) is 15.2. The maximum absolute atomic E-state index is 13.3. The third-order valence-corrected chi connectivity index (χ3v) is 11.3. The van der Waals surface area contributed by atoms with Gasteiger partial charge in [0.05, 0.1) is 16.8 Å². The van der Waals surface area contributed by atoms with Crippen LogP contribution < -0.4 is 20.7 Å². The number of nitrogens with zero attached hydrogens (tertiary/aromatic N) is 5. The topological polar surface area (TPSA) is 197 Å². The number of ether oxygens (including phenoxy) is 1. The summed E-state index contributed by atoms with van der Waals surface area (Å²) in [5.41, 5.74) is 3.89. The van der Waals surface area contributed by atoms with Crippen molar-refractivity contribution in [2.45, 2.75) is 71.2 Å². The first-order valence-corrected chi connectivity index (χ1v) is 19.1. The molecule has 7 rings (SSSR count). The monoisotopic (exact) mass is 786 g/mol. The number of nitrogens with one attached hydrogen (secondary N) is 3. The van der Waals surface area contributed by atoms with Gasteiger partial charge in [0, 0.05) is 40.4 Å². The molecule has 0 spiro atoms. The minimum Gasteiger partial charge on any atom is -0.483 e. The average molecular weight is 787 g/mol. The molecule has 1 fully saturated rings. The Balaban J connectivity index is 0.905. The number of piperidine rings is 1. The number of hydrogen-bond donors (Lipinski definition) is 4. The van der Waals surface area contributed by atoms with Gasteiger partial charge in [-0.05, 0) is 76.4 Å². The van der Waals surface area contributed by atoms with Gasteiger partial charge in [-0.3, -0.25) is 49.1 Å². The molecule has 3 aliphatic heterocycles. The Kier molecular flexibility index (Phi) is 10.9. The van der Waals surface area contributed by atoms with E-state index in [-0.39, 0.29) is 36.1 Å². The molecule has 1 saturated heterocycles. The van der Waals surface area contributed by atoms with Crippen molar-refractivity contribution < 1.29 is 33.8 Å². The molecule has 4 aromatic rings. The Morgan fingerprint density at radius 2 is 1.80 bits per heavy atom. The predicted octanol–water partition coefficient (Wildman–Crippen LogP) is 3.47. The van der Waals surface area contributed by atoms with Crippen molar-refractivity contribution in [2.75, 3.05) is 19.7 Å². The highest BCUT2D eigenvalue weighted by Gasteiger charge is 2.46. The van der Waals surface area contributed by atoms with Gasteiger partial charge in [0.25, 0.3) is 17.7 Å². The summed E-state index contributed by atoms with van der Waals surface area (Å²) in [6.07, 6.45) is 0.636. The van der Waals surface area contributed by atoms with E-state index >= 15 is 0 Å². The number of hydrogen-bond acceptors (Lipinski definition) is 12. The number of halogens is 1. The quantitative estimate of drug-likeness (QED) is 0.0885. The molecule has 2 aromatic carbocycles. The summed E-state index contributed by atoms with van der Waals surface area (Å²) in [5.74, 6) is -1.54. The highest BCUT2D eigenvalue weighted by atomic mass is 35.5. The molecule has 4 N–H and O–H groups in total. The van der Waals surface area contributed by atoms with Crippen LogP contribution in [0, 0.1) is 20.8 Å². The number of aliphatic imine (C=N–C) groups is 1. The molecule has 0 saturated carbocycles. The van der Waals surface area contributed by atoms with Crippen LogP contribution in [-0.4, -0.2) is 92.0 Å². The fourth-order valence-electron chi connectivity index (χ4n) is 6.99. The summed E-state index contributed by atoms with van der Waals surface area (Å²) >= 11 is 7.88. The van der Waals surface area contributed by atoms with Crippen molar-refractivity contribution in [1.29, 1.82) is 0 Å². The molecule has 5 heterocycles. The van der Waals surface area contributed by atoms with Crippen LogP contribution in [0.25, 0.3) is 5.00 Å². The molecular formula is C38H39ClN8O7S. The Morgan fingerprint density at radius 1 is 1.04 bits per heavy atom. The maximum Gasteiger partial charge on any atom is 0.266 e. The smallest absolute Gasteiger partial charge is 0.266 e. The van der Waals surface area contributed by atoms with Crippen LogP contribution in [0.5, 0.6) is 5.75 Å². The summed E-state index contributed by atoms with van der Waals surface area (Å²) in [6, 6.07) is 10.4. The van der Waals surface area contributed by atoms with Crippen LogP contribution in [0.1, 0.15) is 92.1 Å². The lowest BCUT2D eigenvalue weighted by Crippen LogP contribution is -2.54. The largest absolute Gasteiger partial charge is 0.483 e. The molecular weight excluding hydrogens is 748 g/mol. The lowest BCUT2D eigenvalue weighted by atomic mass is 9.99. The Labute approximate surface area is 325 Å². The van der Waals surface area contributed by atoms with Gasteiger partial charge in [-0.15, -0.1) is 21.5 Å². The molecule has 5 amide bonds. The van der Waals surface area contributed by atoms with Crippen LogP contribution in [0.4, 0.5) is 0 Å². The molecule has 15 nitrogen and oxygen atoms in total. The molecule has 3 aliphatic rings. The first-order valence-electron chi connectivity index (χ1n) is 17.9. The van der Waals surface area contributed by atoms with Gasteiger partial charge in [-0.1, -0.05) is 29.8 Å². The van der Waals surface area contributed by atoms with Gasteiger partial charge >= 0.3 is 0 Å². The number of unbranched alkanes of at least 4 members (excludes halogenated alkanes) is 1. The number of aryl methyl sites for hydroxylation is 2. The van der Waals surface area contributed by atoms with Gasteiger partial charge in [0.2, 0.25) is 11.8 Å². The number of imide groups is 2. The number of carbonyl (C=O) groups excluding carboxylic acids is 5. The number of thiophene rings is 1. The number of aliphatic hydroxyl groups excluding tert-OH is 1. The van der Waals surface area contributed by atoms with Crippen molar-refractivity contribution >= 4 is 58.2 Å². The van der Waals surface area contributed by atoms with Crippen LogP contribution in [-0.2, 0) is 14.4 Å². The first-order chi connectivity index (χ1) is 26.4. The van der Waals surface area contributed by atoms with E-state index in [9.17, 15) is 29.1 Å². The third kappa shape index (κ3) is 7.54. The molecule has 55 heavy (non-hydrogen) atoms. The average Bonchev–Trinajstić information content (AvgIpc) is 3.73. The van der Waals surface area contributed by atoms with Crippen LogP contribution in [0.2, 0.25) is 5.02 Å². The van der Waals surface area contributed by atoms with Crippen molar-refractivity contribution in [2.24, 2.45) is 4.99 Å². The van der Waals surface area contributed by atoms with E-state index in [4.69, 9.17) is 21.3 Å². The van der Waals surface area contributed by atoms with Gasteiger partial charge in [0.15, 0.2) is 12.4 Å². The molecule has 2 aromatic heterocycles. The van der Waals surface area contributed by atoms with E-state index in [1.807, 2.05) is 35.8 Å². The Hall–Kier alpha value is -5.29. The number of amides is 5. The van der Waals surface area contributed by atoms with E-state index < -0.39 is 54.5 Å². The SMILES string of the molecule is Cc1sc2c(c1C)C(c1ccc(Cl)cc1)=N[C@@H](CC(O)NCCCCNC(=O)COc1cccc3c1C(=O)N(C1CCC(=O)NC1=O)C3=O)c1nnc(C)n1-2.